The molecule has 0 aromatic rings. The van der Waals surface area contributed by atoms with Crippen molar-refractivity contribution >= 4 is 11.9 Å². The molecular weight excluding hydrogens is 424 g/mol. The van der Waals surface area contributed by atoms with Gasteiger partial charge in [-0.05, 0) is 92.3 Å². The predicted octanol–water partition coefficient (Wildman–Crippen LogP) is 2.99. The molecule has 7 heteroatoms. The number of fused-ring (bicyclic) bond motifs is 5. The van der Waals surface area contributed by atoms with E-state index >= 15 is 0 Å². The Bertz CT molecular complexity index is 755. The van der Waals surface area contributed by atoms with Crippen LogP contribution in [0.3, 0.4) is 0 Å². The minimum Gasteiger partial charge on any atom is -0.481 e. The number of esters is 1. The molecule has 0 aliphatic heterocycles. The van der Waals surface area contributed by atoms with E-state index in [0.29, 0.717) is 19.3 Å². The molecule has 11 atom stereocenters. The van der Waals surface area contributed by atoms with E-state index in [1.165, 1.54) is 0 Å². The van der Waals surface area contributed by atoms with Gasteiger partial charge in [0.2, 0.25) is 0 Å². The van der Waals surface area contributed by atoms with Gasteiger partial charge in [-0.2, -0.15) is 0 Å². The summed E-state index contributed by atoms with van der Waals surface area (Å²) in [6, 6.07) is 0. The molecule has 33 heavy (non-hydrogen) atoms. The van der Waals surface area contributed by atoms with Crippen LogP contribution in [-0.2, 0) is 14.3 Å². The van der Waals surface area contributed by atoms with Gasteiger partial charge in [-0.1, -0.05) is 20.8 Å². The largest absolute Gasteiger partial charge is 0.481 e. The summed E-state index contributed by atoms with van der Waals surface area (Å²) in [5, 5.41) is 41.5. The zero-order valence-corrected chi connectivity index (χ0v) is 20.3. The minimum atomic E-state index is -0.784. The molecule has 0 bridgehead atoms. The minimum absolute atomic E-state index is 0.0322. The normalized spacial score (nSPS) is 47.7. The van der Waals surface area contributed by atoms with Crippen LogP contribution < -0.4 is 0 Å². The number of aliphatic hydroxyl groups is 3. The van der Waals surface area contributed by atoms with E-state index in [9.17, 15) is 24.9 Å². The SMILES string of the molecule is CC(CCC(=O)O)C1CCC2C3C(O)CC4CCCC(OC(=O)CO)C4(C)C3CC(O)C12C. The van der Waals surface area contributed by atoms with Gasteiger partial charge in [0.25, 0.3) is 0 Å². The first-order valence-corrected chi connectivity index (χ1v) is 12.9. The first-order chi connectivity index (χ1) is 15.5. The van der Waals surface area contributed by atoms with Gasteiger partial charge in [0.1, 0.15) is 12.7 Å². The molecule has 4 aliphatic rings. The molecule has 0 amide bonds. The number of rotatable bonds is 6. The Hall–Kier alpha value is -1.18. The fourth-order valence-corrected chi connectivity index (χ4v) is 9.12. The van der Waals surface area contributed by atoms with Crippen LogP contribution in [0.15, 0.2) is 0 Å². The molecule has 11 unspecified atom stereocenters. The van der Waals surface area contributed by atoms with Crippen LogP contribution in [0.25, 0.3) is 0 Å². The highest BCUT2D eigenvalue weighted by molar-refractivity contribution is 5.70. The lowest BCUT2D eigenvalue weighted by molar-refractivity contribution is -0.232. The van der Waals surface area contributed by atoms with E-state index in [1.54, 1.807) is 0 Å². The first-order valence-electron chi connectivity index (χ1n) is 12.9. The smallest absolute Gasteiger partial charge is 0.332 e. The number of aliphatic hydroxyl groups excluding tert-OH is 3. The maximum Gasteiger partial charge on any atom is 0.332 e. The quantitative estimate of drug-likeness (QED) is 0.444. The Morgan fingerprint density at radius 1 is 1.03 bits per heavy atom. The van der Waals surface area contributed by atoms with E-state index in [4.69, 9.17) is 9.84 Å². The van der Waals surface area contributed by atoms with Crippen LogP contribution in [0.2, 0.25) is 0 Å². The molecule has 4 rings (SSSR count). The highest BCUT2D eigenvalue weighted by Crippen LogP contribution is 2.68. The summed E-state index contributed by atoms with van der Waals surface area (Å²) >= 11 is 0. The third-order valence-electron chi connectivity index (χ3n) is 10.8. The van der Waals surface area contributed by atoms with E-state index < -0.39 is 30.8 Å². The summed E-state index contributed by atoms with van der Waals surface area (Å²) in [5.74, 6) is -0.500. The second-order valence-corrected chi connectivity index (χ2v) is 11.9. The number of aliphatic carboxylic acids is 1. The molecule has 4 N–H and O–H groups in total. The average molecular weight is 467 g/mol. The number of carbonyl (C=O) groups excluding carboxylic acids is 1. The Morgan fingerprint density at radius 2 is 1.76 bits per heavy atom. The van der Waals surface area contributed by atoms with Gasteiger partial charge < -0.3 is 25.2 Å². The topological polar surface area (TPSA) is 124 Å². The van der Waals surface area contributed by atoms with E-state index in [0.717, 1.165) is 32.1 Å². The number of carboxylic acid groups (broad SMARTS) is 1. The van der Waals surface area contributed by atoms with Crippen molar-refractivity contribution in [2.45, 2.75) is 96.9 Å². The van der Waals surface area contributed by atoms with Crippen LogP contribution in [0.5, 0.6) is 0 Å². The number of hydrogen-bond acceptors (Lipinski definition) is 6. The van der Waals surface area contributed by atoms with Crippen molar-refractivity contribution in [3.05, 3.63) is 0 Å². The number of carbonyl (C=O) groups is 2. The average Bonchev–Trinajstić information content (AvgIpc) is 3.12. The van der Waals surface area contributed by atoms with E-state index in [-0.39, 0.29) is 58.9 Å². The summed E-state index contributed by atoms with van der Waals surface area (Å²) in [4.78, 5) is 23.2. The Morgan fingerprint density at radius 3 is 2.42 bits per heavy atom. The molecular formula is C26H42O7. The molecule has 188 valence electrons. The van der Waals surface area contributed by atoms with Crippen LogP contribution in [-0.4, -0.2) is 57.3 Å². The Kier molecular flexibility index (Phi) is 6.89. The zero-order chi connectivity index (χ0) is 24.1. The lowest BCUT2D eigenvalue weighted by Crippen LogP contribution is -2.65. The Labute approximate surface area is 196 Å². The summed E-state index contributed by atoms with van der Waals surface area (Å²) in [5.41, 5.74) is -0.683. The van der Waals surface area contributed by atoms with Gasteiger partial charge >= 0.3 is 11.9 Å². The maximum atomic E-state index is 12.0. The number of ether oxygens (including phenoxy) is 1. The summed E-state index contributed by atoms with van der Waals surface area (Å²) in [7, 11) is 0. The molecule has 0 radical (unpaired) electrons. The van der Waals surface area contributed by atoms with Crippen LogP contribution in [0.4, 0.5) is 0 Å². The van der Waals surface area contributed by atoms with Crippen molar-refractivity contribution in [1.29, 1.82) is 0 Å². The van der Waals surface area contributed by atoms with Gasteiger partial charge in [0, 0.05) is 11.8 Å². The summed E-state index contributed by atoms with van der Waals surface area (Å²) in [6.45, 7) is 5.83. The van der Waals surface area contributed by atoms with Crippen molar-refractivity contribution in [2.24, 2.45) is 46.3 Å². The third-order valence-corrected chi connectivity index (χ3v) is 10.8. The molecule has 4 fully saturated rings. The lowest BCUT2D eigenvalue weighted by atomic mass is 9.42. The molecule has 4 saturated carbocycles. The number of hydrogen-bond donors (Lipinski definition) is 4. The molecule has 4 aliphatic carbocycles. The van der Waals surface area contributed by atoms with Gasteiger partial charge in [0.05, 0.1) is 12.2 Å². The standard InChI is InChI=1S/C26H42O7/c1-14(7-10-22(30)31)16-8-9-17-24-18(12-20(29)26(16,17)3)25(2)15(11-19(24)28)5-4-6-21(25)33-23(32)13-27/h14-21,24,27-29H,4-13H2,1-3H3,(H,30,31). The zero-order valence-electron chi connectivity index (χ0n) is 20.3. The van der Waals surface area contributed by atoms with E-state index in [1.807, 2.05) is 0 Å². The number of carboxylic acids is 1. The highest BCUT2D eigenvalue weighted by Gasteiger charge is 2.67. The fourth-order valence-electron chi connectivity index (χ4n) is 9.12. The van der Waals surface area contributed by atoms with Gasteiger partial charge in [-0.15, -0.1) is 0 Å². The molecule has 7 nitrogen and oxygen atoms in total. The Balaban J connectivity index is 1.64. The summed E-state index contributed by atoms with van der Waals surface area (Å²) in [6.07, 6.45) is 5.25. The third kappa shape index (κ3) is 3.92. The molecule has 0 aromatic heterocycles. The molecule has 0 saturated heterocycles. The lowest BCUT2D eigenvalue weighted by Gasteiger charge is -2.64. The van der Waals surface area contributed by atoms with Gasteiger partial charge in [-0.25, -0.2) is 4.79 Å². The van der Waals surface area contributed by atoms with Crippen LogP contribution in [0.1, 0.15) is 78.6 Å². The van der Waals surface area contributed by atoms with Crippen molar-refractivity contribution in [3.63, 3.8) is 0 Å². The van der Waals surface area contributed by atoms with Crippen molar-refractivity contribution in [2.75, 3.05) is 6.61 Å². The van der Waals surface area contributed by atoms with Crippen LogP contribution >= 0.6 is 0 Å². The molecule has 0 heterocycles. The second-order valence-electron chi connectivity index (χ2n) is 11.9. The van der Waals surface area contributed by atoms with Crippen molar-refractivity contribution < 1.29 is 34.8 Å². The van der Waals surface area contributed by atoms with Crippen molar-refractivity contribution in [3.8, 4) is 0 Å². The van der Waals surface area contributed by atoms with Crippen molar-refractivity contribution in [1.82, 2.24) is 0 Å². The van der Waals surface area contributed by atoms with E-state index in [2.05, 4.69) is 20.8 Å². The predicted molar refractivity (Wildman–Crippen MR) is 121 cm³/mol. The highest BCUT2D eigenvalue weighted by atomic mass is 16.6. The first kappa shape index (κ1) is 24.9. The van der Waals surface area contributed by atoms with Crippen LogP contribution in [0, 0.1) is 46.3 Å². The van der Waals surface area contributed by atoms with Gasteiger partial charge in [0.15, 0.2) is 0 Å². The van der Waals surface area contributed by atoms with Gasteiger partial charge in [-0.3, -0.25) is 4.79 Å². The maximum absolute atomic E-state index is 12.0. The summed E-state index contributed by atoms with van der Waals surface area (Å²) < 4.78 is 5.77. The molecule has 0 aromatic carbocycles. The monoisotopic (exact) mass is 466 g/mol. The molecule has 0 spiro atoms. The fraction of sp³-hybridized carbons (Fsp3) is 0.923. The second kappa shape index (κ2) is 9.12.